The predicted molar refractivity (Wildman–Crippen MR) is 108 cm³/mol. The molecule has 0 aliphatic carbocycles. The highest BCUT2D eigenvalue weighted by molar-refractivity contribution is 9.10. The molecular weight excluding hydrogens is 392 g/mol. The second-order valence-corrected chi connectivity index (χ2v) is 8.88. The Morgan fingerprint density at radius 3 is 2.73 bits per heavy atom. The Morgan fingerprint density at radius 1 is 1.35 bits per heavy atom. The molecule has 5 nitrogen and oxygen atoms in total. The van der Waals surface area contributed by atoms with Gasteiger partial charge in [-0.05, 0) is 67.9 Å². The standard InChI is InChI=1S/C20H31BrN4O/c1-7-16-12-26-20(6,9-8-13(2)3)24(16)11-17-18(21)25-15(5)10-14(4)22-19(25)23-17/h10,13,16H,7-9,11-12H2,1-6H3. The van der Waals surface area contributed by atoms with Gasteiger partial charge >= 0.3 is 0 Å². The summed E-state index contributed by atoms with van der Waals surface area (Å²) >= 11 is 3.77. The molecule has 2 aromatic heterocycles. The molecule has 144 valence electrons. The minimum atomic E-state index is -0.224. The molecule has 3 heterocycles. The van der Waals surface area contributed by atoms with Crippen molar-refractivity contribution in [2.45, 2.75) is 79.1 Å². The van der Waals surface area contributed by atoms with Crippen molar-refractivity contribution in [1.82, 2.24) is 19.3 Å². The van der Waals surface area contributed by atoms with Gasteiger partial charge < -0.3 is 4.74 Å². The summed E-state index contributed by atoms with van der Waals surface area (Å²) in [6, 6.07) is 2.52. The minimum Gasteiger partial charge on any atom is -0.359 e. The summed E-state index contributed by atoms with van der Waals surface area (Å²) < 4.78 is 9.39. The SMILES string of the molecule is CCC1COC(C)(CCC(C)C)N1Cc1nc2nc(C)cc(C)n2c1Br. The van der Waals surface area contributed by atoms with Crippen molar-refractivity contribution in [3.8, 4) is 0 Å². The van der Waals surface area contributed by atoms with Crippen LogP contribution in [0.2, 0.25) is 0 Å². The highest BCUT2D eigenvalue weighted by atomic mass is 79.9. The summed E-state index contributed by atoms with van der Waals surface area (Å²) in [4.78, 5) is 11.9. The fourth-order valence-corrected chi connectivity index (χ4v) is 4.53. The summed E-state index contributed by atoms with van der Waals surface area (Å²) in [7, 11) is 0. The Kier molecular flexibility index (Phi) is 5.75. The van der Waals surface area contributed by atoms with Gasteiger partial charge in [-0.3, -0.25) is 9.30 Å². The summed E-state index contributed by atoms with van der Waals surface area (Å²) in [6.45, 7) is 14.7. The Balaban J connectivity index is 1.93. The third-order valence-electron chi connectivity index (χ3n) is 5.53. The van der Waals surface area contributed by atoms with E-state index in [0.29, 0.717) is 12.0 Å². The lowest BCUT2D eigenvalue weighted by Gasteiger charge is -2.36. The van der Waals surface area contributed by atoms with Gasteiger partial charge in [-0.2, -0.15) is 0 Å². The molecule has 26 heavy (non-hydrogen) atoms. The zero-order valence-electron chi connectivity index (χ0n) is 16.8. The number of nitrogens with zero attached hydrogens (tertiary/aromatic N) is 4. The van der Waals surface area contributed by atoms with E-state index >= 15 is 0 Å². The molecule has 2 atom stereocenters. The first-order valence-electron chi connectivity index (χ1n) is 9.67. The molecule has 6 heteroatoms. The Morgan fingerprint density at radius 2 is 2.08 bits per heavy atom. The fourth-order valence-electron chi connectivity index (χ4n) is 3.88. The molecule has 3 rings (SSSR count). The molecule has 2 unspecified atom stereocenters. The second-order valence-electron chi connectivity index (χ2n) is 8.13. The maximum Gasteiger partial charge on any atom is 0.235 e. The molecule has 0 bridgehead atoms. The van der Waals surface area contributed by atoms with Crippen molar-refractivity contribution in [3.05, 3.63) is 27.8 Å². The lowest BCUT2D eigenvalue weighted by atomic mass is 9.99. The Labute approximate surface area is 165 Å². The summed E-state index contributed by atoms with van der Waals surface area (Å²) in [5.41, 5.74) is 2.95. The molecular formula is C20H31BrN4O. The number of aryl methyl sites for hydroxylation is 2. The van der Waals surface area contributed by atoms with Gasteiger partial charge in [0.25, 0.3) is 0 Å². The van der Waals surface area contributed by atoms with E-state index in [0.717, 1.165) is 59.9 Å². The second kappa shape index (κ2) is 7.56. The smallest absolute Gasteiger partial charge is 0.235 e. The molecule has 2 aromatic rings. The molecule has 0 spiro atoms. The molecule has 1 fully saturated rings. The average Bonchev–Trinajstić information content (AvgIpc) is 3.04. The van der Waals surface area contributed by atoms with Crippen LogP contribution >= 0.6 is 15.9 Å². The normalized spacial score (nSPS) is 24.2. The number of fused-ring (bicyclic) bond motifs is 1. The molecule has 1 aliphatic rings. The topological polar surface area (TPSA) is 42.7 Å². The summed E-state index contributed by atoms with van der Waals surface area (Å²) in [5, 5.41) is 0. The van der Waals surface area contributed by atoms with E-state index in [1.165, 1.54) is 0 Å². The number of ether oxygens (including phenoxy) is 1. The van der Waals surface area contributed by atoms with Crippen molar-refractivity contribution >= 4 is 21.7 Å². The fraction of sp³-hybridized carbons (Fsp3) is 0.700. The number of hydrogen-bond donors (Lipinski definition) is 0. The highest BCUT2D eigenvalue weighted by Crippen LogP contribution is 2.36. The van der Waals surface area contributed by atoms with Crippen LogP contribution in [0.5, 0.6) is 0 Å². The van der Waals surface area contributed by atoms with Crippen LogP contribution in [0, 0.1) is 19.8 Å². The quantitative estimate of drug-likeness (QED) is 0.665. The number of rotatable bonds is 6. The van der Waals surface area contributed by atoms with E-state index in [4.69, 9.17) is 9.72 Å². The predicted octanol–water partition coefficient (Wildman–Crippen LogP) is 4.87. The number of aromatic nitrogens is 3. The maximum atomic E-state index is 6.30. The van der Waals surface area contributed by atoms with E-state index in [-0.39, 0.29) is 5.72 Å². The van der Waals surface area contributed by atoms with Gasteiger partial charge in [-0.25, -0.2) is 9.97 Å². The van der Waals surface area contributed by atoms with Crippen LogP contribution in [0.4, 0.5) is 0 Å². The molecule has 1 saturated heterocycles. The third kappa shape index (κ3) is 3.69. The van der Waals surface area contributed by atoms with E-state index in [2.05, 4.69) is 70.9 Å². The summed E-state index contributed by atoms with van der Waals surface area (Å²) in [6.07, 6.45) is 3.29. The van der Waals surface area contributed by atoms with Crippen LogP contribution < -0.4 is 0 Å². The maximum absolute atomic E-state index is 6.30. The van der Waals surface area contributed by atoms with Crippen LogP contribution in [-0.4, -0.2) is 37.6 Å². The van der Waals surface area contributed by atoms with E-state index in [1.54, 1.807) is 0 Å². The first-order chi connectivity index (χ1) is 12.2. The van der Waals surface area contributed by atoms with Gasteiger partial charge in [-0.15, -0.1) is 0 Å². The van der Waals surface area contributed by atoms with Gasteiger partial charge in [0, 0.05) is 24.0 Å². The molecule has 0 amide bonds. The Hall–Kier alpha value is -0.980. The number of halogens is 1. The van der Waals surface area contributed by atoms with Crippen molar-refractivity contribution in [3.63, 3.8) is 0 Å². The van der Waals surface area contributed by atoms with Crippen LogP contribution in [-0.2, 0) is 11.3 Å². The molecule has 0 radical (unpaired) electrons. The molecule has 1 aliphatic heterocycles. The van der Waals surface area contributed by atoms with Gasteiger partial charge in [0.15, 0.2) is 0 Å². The van der Waals surface area contributed by atoms with E-state index in [9.17, 15) is 0 Å². The van der Waals surface area contributed by atoms with Crippen molar-refractivity contribution in [1.29, 1.82) is 0 Å². The van der Waals surface area contributed by atoms with Gasteiger partial charge in [0.05, 0.1) is 12.3 Å². The zero-order valence-corrected chi connectivity index (χ0v) is 18.4. The van der Waals surface area contributed by atoms with Gasteiger partial charge in [0.2, 0.25) is 5.78 Å². The molecule has 0 aromatic carbocycles. The largest absolute Gasteiger partial charge is 0.359 e. The third-order valence-corrected chi connectivity index (χ3v) is 6.34. The van der Waals surface area contributed by atoms with E-state index < -0.39 is 0 Å². The average molecular weight is 423 g/mol. The lowest BCUT2D eigenvalue weighted by Crippen LogP contribution is -2.45. The number of imidazole rings is 1. The van der Waals surface area contributed by atoms with E-state index in [1.807, 2.05) is 6.92 Å². The highest BCUT2D eigenvalue weighted by Gasteiger charge is 2.43. The van der Waals surface area contributed by atoms with Crippen LogP contribution in [0.1, 0.15) is 64.0 Å². The Bertz CT molecular complexity index is 788. The zero-order chi connectivity index (χ0) is 19.1. The monoisotopic (exact) mass is 422 g/mol. The van der Waals surface area contributed by atoms with Gasteiger partial charge in [-0.1, -0.05) is 20.8 Å². The van der Waals surface area contributed by atoms with Crippen LogP contribution in [0.25, 0.3) is 5.78 Å². The van der Waals surface area contributed by atoms with Crippen molar-refractivity contribution in [2.24, 2.45) is 5.92 Å². The number of hydrogen-bond acceptors (Lipinski definition) is 4. The van der Waals surface area contributed by atoms with Crippen LogP contribution in [0.15, 0.2) is 10.7 Å². The molecule has 0 N–H and O–H groups in total. The minimum absolute atomic E-state index is 0.224. The molecule has 0 saturated carbocycles. The van der Waals surface area contributed by atoms with Crippen molar-refractivity contribution in [2.75, 3.05) is 6.61 Å². The summed E-state index contributed by atoms with van der Waals surface area (Å²) in [5.74, 6) is 1.44. The first kappa shape index (κ1) is 19.8. The van der Waals surface area contributed by atoms with Crippen LogP contribution in [0.3, 0.4) is 0 Å². The first-order valence-corrected chi connectivity index (χ1v) is 10.5. The van der Waals surface area contributed by atoms with Gasteiger partial charge in [0.1, 0.15) is 10.3 Å². The van der Waals surface area contributed by atoms with Crippen molar-refractivity contribution < 1.29 is 4.74 Å². The lowest BCUT2D eigenvalue weighted by molar-refractivity contribution is -0.0834.